The average Bonchev–Trinajstić information content (AvgIpc) is 3.48. The van der Waals surface area contributed by atoms with Gasteiger partial charge in [0, 0.05) is 24.0 Å². The number of hydrogen-bond acceptors (Lipinski definition) is 6. The Morgan fingerprint density at radius 1 is 1.14 bits per heavy atom. The molecule has 0 fully saturated rings. The maximum atomic E-state index is 13.7. The summed E-state index contributed by atoms with van der Waals surface area (Å²) in [6, 6.07) is 10.5. The van der Waals surface area contributed by atoms with Crippen molar-refractivity contribution in [2.45, 2.75) is 33.7 Å². The first-order valence-electron chi connectivity index (χ1n) is 11.2. The van der Waals surface area contributed by atoms with Crippen molar-refractivity contribution in [3.63, 3.8) is 0 Å². The monoisotopic (exact) mass is 487 g/mol. The summed E-state index contributed by atoms with van der Waals surface area (Å²) in [5.41, 5.74) is 4.13. The van der Waals surface area contributed by atoms with E-state index in [4.69, 9.17) is 4.42 Å². The number of allylic oxidation sites excluding steroid dienone is 1. The van der Waals surface area contributed by atoms with Gasteiger partial charge in [-0.3, -0.25) is 18.8 Å². The average molecular weight is 488 g/mol. The van der Waals surface area contributed by atoms with Crippen molar-refractivity contribution in [2.24, 2.45) is 12.0 Å². The third kappa shape index (κ3) is 3.97. The lowest BCUT2D eigenvalue weighted by molar-refractivity contribution is -0.113. The highest BCUT2D eigenvalue weighted by Crippen LogP contribution is 2.32. The van der Waals surface area contributed by atoms with E-state index >= 15 is 0 Å². The van der Waals surface area contributed by atoms with Crippen LogP contribution in [0, 0.1) is 20.8 Å². The first-order valence-corrected chi connectivity index (χ1v) is 12.0. The Balaban J connectivity index is 1.68. The lowest BCUT2D eigenvalue weighted by Gasteiger charge is -2.23. The van der Waals surface area contributed by atoms with Crippen molar-refractivity contribution in [3.8, 4) is 0 Å². The van der Waals surface area contributed by atoms with Crippen LogP contribution in [0.25, 0.3) is 6.08 Å². The molecule has 4 heterocycles. The van der Waals surface area contributed by atoms with Gasteiger partial charge in [-0.2, -0.15) is 5.10 Å². The van der Waals surface area contributed by atoms with Crippen molar-refractivity contribution in [2.75, 3.05) is 5.32 Å². The van der Waals surface area contributed by atoms with Crippen LogP contribution in [-0.4, -0.2) is 20.3 Å². The number of rotatable bonds is 4. The first kappa shape index (κ1) is 22.8. The molecule has 1 aliphatic rings. The highest BCUT2D eigenvalue weighted by molar-refractivity contribution is 7.07. The number of benzene rings is 1. The SMILES string of the molecule is CC1=C(C(=O)Nc2ccccc2C)C(c2ccc(C)o2)n2c(s/c(=C/c3cnn(C)c3C)c2=O)=N1. The summed E-state index contributed by atoms with van der Waals surface area (Å²) in [5, 5.41) is 7.26. The molecule has 1 atom stereocenters. The summed E-state index contributed by atoms with van der Waals surface area (Å²) < 4.78 is 9.78. The Kier molecular flexibility index (Phi) is 5.64. The molecule has 5 rings (SSSR count). The fraction of sp³-hybridized carbons (Fsp3) is 0.231. The van der Waals surface area contributed by atoms with Crippen LogP contribution >= 0.6 is 11.3 Å². The van der Waals surface area contributed by atoms with Gasteiger partial charge in [0.1, 0.15) is 17.6 Å². The van der Waals surface area contributed by atoms with E-state index in [-0.39, 0.29) is 11.5 Å². The summed E-state index contributed by atoms with van der Waals surface area (Å²) in [5.74, 6) is 0.885. The largest absolute Gasteiger partial charge is 0.464 e. The molecule has 9 heteroatoms. The minimum absolute atomic E-state index is 0.232. The standard InChI is InChI=1S/C26H25N5O3S/c1-14-8-6-7-9-19(14)29-24(32)22-16(3)28-26-31(23(22)20-11-10-15(2)34-20)25(33)21(35-26)12-18-13-27-30(5)17(18)4/h6-13,23H,1-5H3,(H,29,32)/b21-12+. The molecule has 3 aromatic heterocycles. The van der Waals surface area contributed by atoms with Crippen molar-refractivity contribution in [3.05, 3.63) is 102 Å². The minimum atomic E-state index is -0.735. The van der Waals surface area contributed by atoms with Gasteiger partial charge in [0.15, 0.2) is 4.80 Å². The van der Waals surface area contributed by atoms with Crippen LogP contribution in [0.1, 0.15) is 41.3 Å². The zero-order valence-electron chi connectivity index (χ0n) is 20.1. The van der Waals surface area contributed by atoms with Gasteiger partial charge in [0.2, 0.25) is 0 Å². The van der Waals surface area contributed by atoms with Gasteiger partial charge in [-0.05, 0) is 57.5 Å². The zero-order valence-corrected chi connectivity index (χ0v) is 20.9. The van der Waals surface area contributed by atoms with Gasteiger partial charge in [0.25, 0.3) is 11.5 Å². The van der Waals surface area contributed by atoms with Crippen LogP contribution in [-0.2, 0) is 11.8 Å². The summed E-state index contributed by atoms with van der Waals surface area (Å²) in [6.07, 6.45) is 3.55. The number of aryl methyl sites for hydroxylation is 3. The van der Waals surface area contributed by atoms with Gasteiger partial charge in [-0.1, -0.05) is 29.5 Å². The van der Waals surface area contributed by atoms with Crippen LogP contribution in [0.3, 0.4) is 0 Å². The van der Waals surface area contributed by atoms with Crippen LogP contribution in [0.4, 0.5) is 5.69 Å². The topological polar surface area (TPSA) is 94.4 Å². The molecule has 0 aliphatic carbocycles. The molecule has 0 spiro atoms. The number of nitrogens with one attached hydrogen (secondary N) is 1. The summed E-state index contributed by atoms with van der Waals surface area (Å²) in [6.45, 7) is 7.50. The predicted octanol–water partition coefficient (Wildman–Crippen LogP) is 3.13. The normalized spacial score (nSPS) is 15.8. The number of furan rings is 1. The highest BCUT2D eigenvalue weighted by Gasteiger charge is 2.34. The molecule has 4 aromatic rings. The van der Waals surface area contributed by atoms with Gasteiger partial charge in [0.05, 0.1) is 22.0 Å². The number of nitrogens with zero attached hydrogens (tertiary/aromatic N) is 4. The molecule has 1 N–H and O–H groups in total. The molecule has 8 nitrogen and oxygen atoms in total. The van der Waals surface area contributed by atoms with Crippen LogP contribution in [0.5, 0.6) is 0 Å². The van der Waals surface area contributed by atoms with Crippen LogP contribution < -0.4 is 20.2 Å². The number of amides is 1. The van der Waals surface area contributed by atoms with E-state index < -0.39 is 6.04 Å². The van der Waals surface area contributed by atoms with E-state index in [0.29, 0.717) is 37.8 Å². The van der Waals surface area contributed by atoms with E-state index in [1.807, 2.05) is 70.3 Å². The first-order chi connectivity index (χ1) is 16.7. The Labute approximate surface area is 205 Å². The predicted molar refractivity (Wildman–Crippen MR) is 135 cm³/mol. The molecule has 0 saturated carbocycles. The van der Waals surface area contributed by atoms with Crippen LogP contribution in [0.15, 0.2) is 68.1 Å². The number of carbonyl (C=O) groups is 1. The number of fused-ring (bicyclic) bond motifs is 1. The minimum Gasteiger partial charge on any atom is -0.464 e. The second-order valence-electron chi connectivity index (χ2n) is 8.61. The van der Waals surface area contributed by atoms with Gasteiger partial charge in [-0.25, -0.2) is 4.99 Å². The summed E-state index contributed by atoms with van der Waals surface area (Å²) in [7, 11) is 1.86. The Hall–Kier alpha value is -3.98. The molecule has 35 heavy (non-hydrogen) atoms. The third-order valence-corrected chi connectivity index (χ3v) is 7.23. The molecular formula is C26H25N5O3S. The zero-order chi connectivity index (χ0) is 24.9. The van der Waals surface area contributed by atoms with Gasteiger partial charge >= 0.3 is 0 Å². The van der Waals surface area contributed by atoms with Gasteiger partial charge < -0.3 is 9.73 Å². The molecule has 0 radical (unpaired) electrons. The van der Waals surface area contributed by atoms with Crippen molar-refractivity contribution >= 4 is 29.0 Å². The highest BCUT2D eigenvalue weighted by atomic mass is 32.1. The van der Waals surface area contributed by atoms with Crippen molar-refractivity contribution in [1.82, 2.24) is 14.3 Å². The van der Waals surface area contributed by atoms with E-state index in [1.54, 1.807) is 22.4 Å². The fourth-order valence-corrected chi connectivity index (χ4v) is 5.22. The number of aromatic nitrogens is 3. The second kappa shape index (κ2) is 8.66. The lowest BCUT2D eigenvalue weighted by atomic mass is 10.00. The quantitative estimate of drug-likeness (QED) is 0.479. The molecule has 1 amide bonds. The molecule has 1 aliphatic heterocycles. The maximum absolute atomic E-state index is 13.7. The number of carbonyl (C=O) groups excluding carboxylic acids is 1. The molecular weight excluding hydrogens is 462 g/mol. The molecule has 1 aromatic carbocycles. The molecule has 178 valence electrons. The number of para-hydroxylation sites is 1. The van der Waals surface area contributed by atoms with Crippen molar-refractivity contribution in [1.29, 1.82) is 0 Å². The second-order valence-corrected chi connectivity index (χ2v) is 9.62. The van der Waals surface area contributed by atoms with Crippen molar-refractivity contribution < 1.29 is 9.21 Å². The smallest absolute Gasteiger partial charge is 0.271 e. The molecule has 0 bridgehead atoms. The van der Waals surface area contributed by atoms with Crippen LogP contribution in [0.2, 0.25) is 0 Å². The molecule has 1 unspecified atom stereocenters. The Morgan fingerprint density at radius 2 is 1.91 bits per heavy atom. The number of thiazole rings is 1. The van der Waals surface area contributed by atoms with E-state index in [1.165, 1.54) is 11.3 Å². The van der Waals surface area contributed by atoms with E-state index in [0.717, 1.165) is 16.8 Å². The number of anilines is 1. The van der Waals surface area contributed by atoms with E-state index in [9.17, 15) is 9.59 Å². The molecule has 0 saturated heterocycles. The Bertz CT molecular complexity index is 1680. The third-order valence-electron chi connectivity index (χ3n) is 6.25. The lowest BCUT2D eigenvalue weighted by Crippen LogP contribution is -2.40. The summed E-state index contributed by atoms with van der Waals surface area (Å²) >= 11 is 1.29. The van der Waals surface area contributed by atoms with Gasteiger partial charge in [-0.15, -0.1) is 0 Å². The maximum Gasteiger partial charge on any atom is 0.271 e. The van der Waals surface area contributed by atoms with E-state index in [2.05, 4.69) is 15.4 Å². The summed E-state index contributed by atoms with van der Waals surface area (Å²) in [4.78, 5) is 32.4. The Morgan fingerprint density at radius 3 is 2.57 bits per heavy atom. The number of hydrogen-bond donors (Lipinski definition) is 1. The fourth-order valence-electron chi connectivity index (χ4n) is 4.18.